The third-order valence-electron chi connectivity index (χ3n) is 7.82. The number of phenols is 1. The summed E-state index contributed by atoms with van der Waals surface area (Å²) in [5.41, 5.74) is 3.14. The van der Waals surface area contributed by atoms with Crippen LogP contribution >= 0.6 is 0 Å². The molecule has 2 aliphatic rings. The number of morpholine rings is 1. The van der Waals surface area contributed by atoms with Crippen LogP contribution in [0.3, 0.4) is 0 Å². The minimum Gasteiger partial charge on any atom is -0.507 e. The molecule has 0 aromatic heterocycles. The third-order valence-corrected chi connectivity index (χ3v) is 7.82. The summed E-state index contributed by atoms with van der Waals surface area (Å²) in [4.78, 5) is 30.5. The summed E-state index contributed by atoms with van der Waals surface area (Å²) in [5, 5.41) is 21.6. The minimum atomic E-state index is -0.846. The maximum Gasteiger partial charge on any atom is 0.295 e. The molecule has 220 valence electrons. The zero-order chi connectivity index (χ0) is 29.6. The van der Waals surface area contributed by atoms with Crippen LogP contribution in [0.1, 0.15) is 34.7 Å². The highest BCUT2D eigenvalue weighted by molar-refractivity contribution is 6.46. The average Bonchev–Trinajstić information content (AvgIpc) is 3.26. The quantitative estimate of drug-likeness (QED) is 0.209. The summed E-state index contributed by atoms with van der Waals surface area (Å²) in [5.74, 6) is -0.942. The molecule has 0 spiro atoms. The second-order valence-corrected chi connectivity index (χ2v) is 10.5. The fraction of sp³-hybridized carbons (Fsp3) is 0.333. The first-order valence-electron chi connectivity index (χ1n) is 14.1. The van der Waals surface area contributed by atoms with Gasteiger partial charge < -0.3 is 29.3 Å². The van der Waals surface area contributed by atoms with Gasteiger partial charge in [0.2, 0.25) is 0 Å². The van der Waals surface area contributed by atoms with Crippen LogP contribution in [-0.2, 0) is 20.9 Å². The second kappa shape index (κ2) is 13.1. The molecule has 0 saturated carbocycles. The molecule has 2 fully saturated rings. The standard InChI is InChI=1S/C33H36N2O7/c1-22-6-3-4-7-25(22)21-42-26-11-8-23(9-12-26)31(37)29-30(24-10-13-27(36)28(20-24)40-2)35(33(39)32(29)38)15-5-14-34-16-18-41-19-17-34/h3-4,6-13,20,30,36-37H,5,14-19,21H2,1-2H3/t30-/m0/s1. The number of carbonyl (C=O) groups excluding carboxylic acids is 2. The molecule has 1 atom stereocenters. The molecule has 2 aliphatic heterocycles. The van der Waals surface area contributed by atoms with Crippen molar-refractivity contribution in [1.29, 1.82) is 0 Å². The van der Waals surface area contributed by atoms with Crippen molar-refractivity contribution < 1.29 is 34.0 Å². The maximum absolute atomic E-state index is 13.4. The summed E-state index contributed by atoms with van der Waals surface area (Å²) in [6, 6.07) is 18.6. The van der Waals surface area contributed by atoms with Crippen LogP contribution in [0.5, 0.6) is 17.2 Å². The van der Waals surface area contributed by atoms with Gasteiger partial charge in [-0.25, -0.2) is 0 Å². The van der Waals surface area contributed by atoms with E-state index in [-0.39, 0.29) is 22.8 Å². The highest BCUT2D eigenvalue weighted by Crippen LogP contribution is 2.42. The van der Waals surface area contributed by atoms with Crippen LogP contribution in [0.25, 0.3) is 5.76 Å². The Balaban J connectivity index is 1.42. The normalized spacial score (nSPS) is 18.8. The van der Waals surface area contributed by atoms with Crippen LogP contribution in [0.15, 0.2) is 72.3 Å². The number of rotatable bonds is 10. The van der Waals surface area contributed by atoms with Crippen LogP contribution in [0.4, 0.5) is 0 Å². The van der Waals surface area contributed by atoms with Crippen molar-refractivity contribution in [1.82, 2.24) is 9.80 Å². The summed E-state index contributed by atoms with van der Waals surface area (Å²) in [7, 11) is 1.43. The molecular formula is C33H36N2O7. The molecule has 2 heterocycles. The second-order valence-electron chi connectivity index (χ2n) is 10.5. The number of Topliss-reactive ketones (excluding diaryl/α,β-unsaturated/α-hetero) is 1. The predicted octanol–water partition coefficient (Wildman–Crippen LogP) is 4.43. The number of amides is 1. The Hall–Kier alpha value is -4.34. The minimum absolute atomic E-state index is 0.00676. The van der Waals surface area contributed by atoms with E-state index in [4.69, 9.17) is 14.2 Å². The largest absolute Gasteiger partial charge is 0.507 e. The van der Waals surface area contributed by atoms with Crippen molar-refractivity contribution in [3.8, 4) is 17.2 Å². The highest BCUT2D eigenvalue weighted by Gasteiger charge is 2.46. The molecule has 0 unspecified atom stereocenters. The number of aliphatic hydroxyl groups is 1. The van der Waals surface area contributed by atoms with Gasteiger partial charge in [-0.3, -0.25) is 14.5 Å². The Morgan fingerprint density at radius 2 is 1.74 bits per heavy atom. The molecular weight excluding hydrogens is 536 g/mol. The number of hydrogen-bond donors (Lipinski definition) is 2. The summed E-state index contributed by atoms with van der Waals surface area (Å²) in [6.45, 7) is 6.49. The van der Waals surface area contributed by atoms with E-state index < -0.39 is 17.7 Å². The zero-order valence-corrected chi connectivity index (χ0v) is 23.9. The molecule has 1 amide bonds. The van der Waals surface area contributed by atoms with E-state index in [2.05, 4.69) is 4.90 Å². The smallest absolute Gasteiger partial charge is 0.295 e. The zero-order valence-electron chi connectivity index (χ0n) is 23.9. The van der Waals surface area contributed by atoms with E-state index in [1.54, 1.807) is 36.4 Å². The number of nitrogens with zero attached hydrogens (tertiary/aromatic N) is 2. The first-order valence-corrected chi connectivity index (χ1v) is 14.1. The summed E-state index contributed by atoms with van der Waals surface area (Å²) >= 11 is 0. The molecule has 9 nitrogen and oxygen atoms in total. The number of methoxy groups -OCH3 is 1. The number of likely N-dealkylation sites (tertiary alicyclic amines) is 1. The lowest BCUT2D eigenvalue weighted by atomic mass is 9.95. The number of ketones is 1. The monoisotopic (exact) mass is 572 g/mol. The van der Waals surface area contributed by atoms with Gasteiger partial charge in [-0.15, -0.1) is 0 Å². The molecule has 0 bridgehead atoms. The number of carbonyl (C=O) groups is 2. The number of ether oxygens (including phenoxy) is 3. The third kappa shape index (κ3) is 6.27. The van der Waals surface area contributed by atoms with Crippen molar-refractivity contribution in [2.24, 2.45) is 0 Å². The molecule has 9 heteroatoms. The molecule has 3 aromatic carbocycles. The van der Waals surface area contributed by atoms with Crippen molar-refractivity contribution in [3.05, 3.63) is 94.6 Å². The lowest BCUT2D eigenvalue weighted by Crippen LogP contribution is -2.38. The van der Waals surface area contributed by atoms with Crippen molar-refractivity contribution >= 4 is 17.4 Å². The molecule has 2 saturated heterocycles. The van der Waals surface area contributed by atoms with Crippen LogP contribution in [-0.4, -0.2) is 78.2 Å². The fourth-order valence-electron chi connectivity index (χ4n) is 5.41. The lowest BCUT2D eigenvalue weighted by molar-refractivity contribution is -0.140. The number of phenolic OH excluding ortho intramolecular Hbond substituents is 1. The van der Waals surface area contributed by atoms with Crippen LogP contribution in [0.2, 0.25) is 0 Å². The Morgan fingerprint density at radius 3 is 2.45 bits per heavy atom. The SMILES string of the molecule is COc1cc([C@H]2C(=C(O)c3ccc(OCc4ccccc4C)cc3)C(=O)C(=O)N2CCCN2CCOCC2)ccc1O. The Bertz CT molecular complexity index is 1460. The van der Waals surface area contributed by atoms with E-state index in [0.29, 0.717) is 49.7 Å². The van der Waals surface area contributed by atoms with Gasteiger partial charge in [0.15, 0.2) is 11.5 Å². The molecule has 0 radical (unpaired) electrons. The van der Waals surface area contributed by atoms with Crippen molar-refractivity contribution in [3.63, 3.8) is 0 Å². The van der Waals surface area contributed by atoms with Crippen molar-refractivity contribution in [2.75, 3.05) is 46.5 Å². The van der Waals surface area contributed by atoms with E-state index in [1.165, 1.54) is 18.1 Å². The van der Waals surface area contributed by atoms with Gasteiger partial charge in [-0.2, -0.15) is 0 Å². The molecule has 5 rings (SSSR count). The Labute approximate surface area is 245 Å². The lowest BCUT2D eigenvalue weighted by Gasteiger charge is -2.29. The van der Waals surface area contributed by atoms with E-state index in [0.717, 1.165) is 30.8 Å². The number of aliphatic hydroxyl groups excluding tert-OH is 1. The summed E-state index contributed by atoms with van der Waals surface area (Å²) < 4.78 is 16.7. The molecule has 3 aromatic rings. The van der Waals surface area contributed by atoms with Gasteiger partial charge in [0.25, 0.3) is 11.7 Å². The van der Waals surface area contributed by atoms with Gasteiger partial charge in [-0.05, 0) is 66.4 Å². The van der Waals surface area contributed by atoms with E-state index >= 15 is 0 Å². The molecule has 0 aliphatic carbocycles. The first kappa shape index (κ1) is 29.2. The number of aryl methyl sites for hydroxylation is 1. The van der Waals surface area contributed by atoms with Gasteiger partial charge >= 0.3 is 0 Å². The predicted molar refractivity (Wildman–Crippen MR) is 157 cm³/mol. The maximum atomic E-state index is 13.4. The average molecular weight is 573 g/mol. The topological polar surface area (TPSA) is 109 Å². The molecule has 2 N–H and O–H groups in total. The van der Waals surface area contributed by atoms with Gasteiger partial charge in [-0.1, -0.05) is 30.3 Å². The number of aromatic hydroxyl groups is 1. The fourth-order valence-corrected chi connectivity index (χ4v) is 5.41. The van der Waals surface area contributed by atoms with Crippen molar-refractivity contribution in [2.45, 2.75) is 26.0 Å². The first-order chi connectivity index (χ1) is 20.4. The Kier molecular flexibility index (Phi) is 9.09. The molecule has 42 heavy (non-hydrogen) atoms. The van der Waals surface area contributed by atoms with Gasteiger partial charge in [0.05, 0.1) is 31.9 Å². The van der Waals surface area contributed by atoms with Gasteiger partial charge in [0, 0.05) is 31.7 Å². The number of benzene rings is 3. The number of hydrogen-bond acceptors (Lipinski definition) is 8. The van der Waals surface area contributed by atoms with Crippen LogP contribution < -0.4 is 9.47 Å². The van der Waals surface area contributed by atoms with Gasteiger partial charge in [0.1, 0.15) is 18.1 Å². The summed E-state index contributed by atoms with van der Waals surface area (Å²) in [6.07, 6.45) is 0.645. The Morgan fingerprint density at radius 1 is 1.00 bits per heavy atom. The van der Waals surface area contributed by atoms with E-state index in [9.17, 15) is 19.8 Å². The van der Waals surface area contributed by atoms with E-state index in [1.807, 2.05) is 31.2 Å². The highest BCUT2D eigenvalue weighted by atomic mass is 16.5. The van der Waals surface area contributed by atoms with Crippen LogP contribution in [0, 0.1) is 6.92 Å².